The maximum Gasteiger partial charge on any atom is 0.292 e. The molecule has 1 aliphatic rings. The molecule has 0 aromatic heterocycles. The largest absolute Gasteiger partial charge is 0.298 e. The van der Waals surface area contributed by atoms with Gasteiger partial charge in [0.1, 0.15) is 9.07 Å². The smallest absolute Gasteiger partial charge is 0.292 e. The van der Waals surface area contributed by atoms with Gasteiger partial charge in [0.25, 0.3) is 6.17 Å². The van der Waals surface area contributed by atoms with Crippen molar-refractivity contribution in [3.8, 4) is 0 Å². The lowest BCUT2D eigenvalue weighted by molar-refractivity contribution is -0.808. The molecule has 0 spiro atoms. The Labute approximate surface area is 146 Å². The van der Waals surface area contributed by atoms with Crippen LogP contribution < -0.4 is 4.72 Å². The molecule has 1 saturated heterocycles. The van der Waals surface area contributed by atoms with Crippen LogP contribution in [0.25, 0.3) is 0 Å². The first-order chi connectivity index (χ1) is 10.6. The van der Waals surface area contributed by atoms with Gasteiger partial charge in [-0.25, -0.2) is 13.1 Å². The molecule has 9 heteroatoms. The fourth-order valence-corrected chi connectivity index (χ4v) is 5.03. The van der Waals surface area contributed by atoms with Crippen molar-refractivity contribution in [1.29, 1.82) is 0 Å². The molecule has 1 atom stereocenters. The lowest BCUT2D eigenvalue weighted by atomic mass is 10.1. The van der Waals surface area contributed by atoms with E-state index in [2.05, 4.69) is 4.72 Å². The third-order valence-corrected chi connectivity index (χ3v) is 6.79. The zero-order valence-corrected chi connectivity index (χ0v) is 15.8. The van der Waals surface area contributed by atoms with Gasteiger partial charge < -0.3 is 0 Å². The Bertz CT molecular complexity index is 742. The van der Waals surface area contributed by atoms with Gasteiger partial charge in [-0.15, -0.1) is 0 Å². The summed E-state index contributed by atoms with van der Waals surface area (Å²) in [5, 5.41) is 10.4. The van der Waals surface area contributed by atoms with E-state index < -0.39 is 10.0 Å². The third-order valence-electron chi connectivity index (χ3n) is 3.62. The molecule has 1 heterocycles. The average molecular weight is 375 g/mol. The van der Waals surface area contributed by atoms with Crippen LogP contribution in [-0.4, -0.2) is 58.8 Å². The van der Waals surface area contributed by atoms with Gasteiger partial charge in [0.15, 0.2) is 0 Å². The summed E-state index contributed by atoms with van der Waals surface area (Å²) in [7, 11) is -0.256. The van der Waals surface area contributed by atoms with Gasteiger partial charge in [0.05, 0.1) is 4.90 Å². The van der Waals surface area contributed by atoms with Gasteiger partial charge in [-0.2, -0.15) is 0 Å². The van der Waals surface area contributed by atoms with Crippen molar-refractivity contribution in [2.75, 3.05) is 14.1 Å². The second kappa shape index (κ2) is 6.39. The van der Waals surface area contributed by atoms with Crippen molar-refractivity contribution in [3.63, 3.8) is 0 Å². The number of thiocarbonyl (C=S) groups is 1. The van der Waals surface area contributed by atoms with Crippen LogP contribution in [0.15, 0.2) is 29.2 Å². The van der Waals surface area contributed by atoms with Crippen LogP contribution in [0.3, 0.4) is 0 Å². The number of nitrogens with zero attached hydrogens (tertiary/aromatic N) is 2. The molecule has 1 unspecified atom stereocenters. The average Bonchev–Trinajstić information content (AvgIpc) is 2.67. The molecular weight excluding hydrogens is 354 g/mol. The topological polar surface area (TPSA) is 72.6 Å². The second-order valence-corrected chi connectivity index (χ2v) is 9.92. The summed E-state index contributed by atoms with van der Waals surface area (Å²) >= 11 is 6.82. The summed E-state index contributed by atoms with van der Waals surface area (Å²) in [6, 6.07) is 6.27. The zero-order chi connectivity index (χ0) is 17.4. The first kappa shape index (κ1) is 18.2. The number of hydroxylamine groups is 1. The van der Waals surface area contributed by atoms with Crippen molar-refractivity contribution in [3.05, 3.63) is 29.8 Å². The number of thioether (sulfide) groups is 1. The molecule has 1 aromatic carbocycles. The van der Waals surface area contributed by atoms with E-state index in [0.717, 1.165) is 9.06 Å². The predicted octanol–water partition coefficient (Wildman–Crippen LogP) is 1.48. The molecule has 1 aliphatic heterocycles. The molecule has 0 aliphatic carbocycles. The van der Waals surface area contributed by atoms with E-state index in [9.17, 15) is 13.6 Å². The summed E-state index contributed by atoms with van der Waals surface area (Å²) in [4.78, 5) is 2.02. The molecule has 1 fully saturated rings. The van der Waals surface area contributed by atoms with E-state index in [0.29, 0.717) is 5.56 Å². The molecule has 0 saturated carbocycles. The predicted molar refractivity (Wildman–Crippen MR) is 95.7 cm³/mol. The van der Waals surface area contributed by atoms with Gasteiger partial charge in [-0.05, 0) is 49.9 Å². The monoisotopic (exact) mass is 374 g/mol. The minimum Gasteiger partial charge on any atom is -0.298 e. The molecule has 1 aromatic rings. The lowest BCUT2D eigenvalue weighted by Gasteiger charge is -2.21. The molecule has 6 nitrogen and oxygen atoms in total. The molecule has 126 valence electrons. The van der Waals surface area contributed by atoms with E-state index >= 15 is 0 Å². The molecule has 0 bridgehead atoms. The summed E-state index contributed by atoms with van der Waals surface area (Å²) in [5.74, 6) is 0. The van der Waals surface area contributed by atoms with Crippen molar-refractivity contribution in [2.24, 2.45) is 0 Å². The number of rotatable bonds is 4. The molecule has 0 radical (unpaired) electrons. The van der Waals surface area contributed by atoms with Gasteiger partial charge in [-0.1, -0.05) is 24.0 Å². The van der Waals surface area contributed by atoms with Crippen LogP contribution in [0.5, 0.6) is 0 Å². The standard InChI is InChI=1S/C14H20N3O3S3/c1-14(2)12(16(4)13(21)22-14)17(18)9-10-5-7-11(8-6-10)23(19,20)15-3/h5-9,12,15,18H,1-4H3/q+1. The first-order valence-corrected chi connectivity index (χ1v) is 9.61. The second-order valence-electron chi connectivity index (χ2n) is 5.74. The summed E-state index contributed by atoms with van der Waals surface area (Å²) in [6.45, 7) is 4.02. The molecule has 2 N–H and O–H groups in total. The van der Waals surface area contributed by atoms with Crippen molar-refractivity contribution in [2.45, 2.75) is 29.7 Å². The maximum absolute atomic E-state index is 11.7. The third kappa shape index (κ3) is 3.68. The quantitative estimate of drug-likeness (QED) is 0.273. The highest BCUT2D eigenvalue weighted by Crippen LogP contribution is 2.40. The minimum absolute atomic E-state index is 0.177. The SMILES string of the molecule is CNS(=O)(=O)c1ccc(C=[N+](O)C2N(C)C(=S)SC2(C)C)cc1. The molecule has 2 rings (SSSR count). The van der Waals surface area contributed by atoms with Gasteiger partial charge >= 0.3 is 0 Å². The van der Waals surface area contributed by atoms with Crippen molar-refractivity contribution in [1.82, 2.24) is 9.62 Å². The lowest BCUT2D eigenvalue weighted by Crippen LogP contribution is -2.47. The van der Waals surface area contributed by atoms with Gasteiger partial charge in [0.2, 0.25) is 16.2 Å². The normalized spacial score (nSPS) is 21.7. The molecule has 23 heavy (non-hydrogen) atoms. The summed E-state index contributed by atoms with van der Waals surface area (Å²) in [5.41, 5.74) is 0.689. The highest BCUT2D eigenvalue weighted by molar-refractivity contribution is 8.24. The number of hydrogen-bond acceptors (Lipinski definition) is 5. The first-order valence-electron chi connectivity index (χ1n) is 6.90. The fourth-order valence-electron chi connectivity index (χ4n) is 2.49. The van der Waals surface area contributed by atoms with E-state index in [4.69, 9.17) is 12.2 Å². The van der Waals surface area contributed by atoms with Crippen LogP contribution in [0, 0.1) is 0 Å². The Kier molecular flexibility index (Phi) is 5.05. The van der Waals surface area contributed by atoms with E-state index in [1.54, 1.807) is 18.3 Å². The molecular formula is C14H20N3O3S3+. The maximum atomic E-state index is 11.7. The van der Waals surface area contributed by atoms with E-state index in [1.807, 2.05) is 25.8 Å². The van der Waals surface area contributed by atoms with Gasteiger partial charge in [-0.3, -0.25) is 10.1 Å². The zero-order valence-electron chi connectivity index (χ0n) is 13.3. The Morgan fingerprint density at radius 3 is 2.39 bits per heavy atom. The number of hydrogen-bond donors (Lipinski definition) is 2. The van der Waals surface area contributed by atoms with E-state index in [1.165, 1.54) is 30.9 Å². The van der Waals surface area contributed by atoms with Gasteiger partial charge in [0, 0.05) is 12.6 Å². The minimum atomic E-state index is -3.46. The Morgan fingerprint density at radius 1 is 1.39 bits per heavy atom. The number of nitrogens with one attached hydrogen (secondary N) is 1. The Morgan fingerprint density at radius 2 is 1.96 bits per heavy atom. The van der Waals surface area contributed by atoms with Crippen LogP contribution in [0.1, 0.15) is 19.4 Å². The Hall–Kier alpha value is -1.16. The number of benzene rings is 1. The highest BCUT2D eigenvalue weighted by atomic mass is 32.2. The van der Waals surface area contributed by atoms with Crippen molar-refractivity contribution < 1.29 is 18.4 Å². The Balaban J connectivity index is 2.30. The van der Waals surface area contributed by atoms with E-state index in [-0.39, 0.29) is 15.8 Å². The van der Waals surface area contributed by atoms with Crippen LogP contribution in [0.4, 0.5) is 0 Å². The van der Waals surface area contributed by atoms with Crippen LogP contribution >= 0.6 is 24.0 Å². The fraction of sp³-hybridized carbons (Fsp3) is 0.429. The van der Waals surface area contributed by atoms with Crippen LogP contribution in [0.2, 0.25) is 0 Å². The molecule has 0 amide bonds. The summed E-state index contributed by atoms with van der Waals surface area (Å²) < 4.78 is 27.2. The number of sulfonamides is 1. The summed E-state index contributed by atoms with van der Waals surface area (Å²) in [6.07, 6.45) is 1.26. The highest BCUT2D eigenvalue weighted by Gasteiger charge is 2.51. The van der Waals surface area contributed by atoms with Crippen LogP contribution in [-0.2, 0) is 10.0 Å². The van der Waals surface area contributed by atoms with Crippen molar-refractivity contribution >= 4 is 44.5 Å².